The maximum atomic E-state index is 13.0. The van der Waals surface area contributed by atoms with Crippen LogP contribution < -0.4 is 4.90 Å². The van der Waals surface area contributed by atoms with Gasteiger partial charge in [0.05, 0.1) is 15.8 Å². The summed E-state index contributed by atoms with van der Waals surface area (Å²) in [6.45, 7) is 5.67. The Balaban J connectivity index is 1.43. The Morgan fingerprint density at radius 3 is 2.43 bits per heavy atom. The Labute approximate surface area is 187 Å². The summed E-state index contributed by atoms with van der Waals surface area (Å²) < 4.78 is 25.9. The van der Waals surface area contributed by atoms with E-state index in [1.807, 2.05) is 0 Å². The first-order chi connectivity index (χ1) is 14.3. The van der Waals surface area contributed by atoms with Gasteiger partial charge in [0.2, 0.25) is 0 Å². The zero-order chi connectivity index (χ0) is 21.3. The van der Waals surface area contributed by atoms with E-state index >= 15 is 0 Å². The average molecular weight is 461 g/mol. The van der Waals surface area contributed by atoms with Gasteiger partial charge in [0.25, 0.3) is 0 Å². The summed E-state index contributed by atoms with van der Waals surface area (Å²) >= 11 is 7.64. The molecule has 0 amide bonds. The third-order valence-electron chi connectivity index (χ3n) is 5.82. The molecule has 158 valence electrons. The molecule has 0 spiro atoms. The molecule has 4 rings (SSSR count). The zero-order valence-corrected chi connectivity index (χ0v) is 19.5. The lowest BCUT2D eigenvalue weighted by Gasteiger charge is -2.31. The highest BCUT2D eigenvalue weighted by Gasteiger charge is 2.32. The molecule has 2 heterocycles. The van der Waals surface area contributed by atoms with E-state index < -0.39 is 9.84 Å². The first-order valence-corrected chi connectivity index (χ1v) is 12.9. The summed E-state index contributed by atoms with van der Waals surface area (Å²) in [4.78, 5) is 7.38. The fraction of sp³-hybridized carbons (Fsp3) is 0.348. The molecule has 1 aromatic heterocycles. The lowest BCUT2D eigenvalue weighted by molar-refractivity contribution is 0.529. The van der Waals surface area contributed by atoms with Gasteiger partial charge in [-0.1, -0.05) is 35.9 Å². The highest BCUT2D eigenvalue weighted by atomic mass is 35.5. The van der Waals surface area contributed by atoms with Crippen LogP contribution >= 0.6 is 22.9 Å². The number of nitrogens with zero attached hydrogens (tertiary/aromatic N) is 2. The van der Waals surface area contributed by atoms with Crippen LogP contribution in [0.25, 0.3) is 0 Å². The molecule has 7 heteroatoms. The molecular formula is C23H25ClN2O2S2. The Kier molecular flexibility index (Phi) is 6.19. The van der Waals surface area contributed by atoms with Crippen molar-refractivity contribution in [3.63, 3.8) is 0 Å². The van der Waals surface area contributed by atoms with E-state index in [-0.39, 0.29) is 5.25 Å². The lowest BCUT2D eigenvalue weighted by Crippen LogP contribution is -2.39. The molecule has 4 nitrogen and oxygen atoms in total. The number of sulfone groups is 1. The average Bonchev–Trinajstić information content (AvgIpc) is 3.20. The molecule has 1 aliphatic rings. The van der Waals surface area contributed by atoms with E-state index in [4.69, 9.17) is 16.6 Å². The van der Waals surface area contributed by atoms with Gasteiger partial charge < -0.3 is 4.90 Å². The normalized spacial score (nSPS) is 15.5. The van der Waals surface area contributed by atoms with Gasteiger partial charge in [0.1, 0.15) is 0 Å². The van der Waals surface area contributed by atoms with Gasteiger partial charge in [0, 0.05) is 29.9 Å². The van der Waals surface area contributed by atoms with Crippen LogP contribution in [0.4, 0.5) is 5.13 Å². The van der Waals surface area contributed by atoms with Crippen molar-refractivity contribution in [2.75, 3.05) is 18.0 Å². The quantitative estimate of drug-likeness (QED) is 0.508. The number of thiazole rings is 1. The minimum atomic E-state index is -3.36. The zero-order valence-electron chi connectivity index (χ0n) is 17.1. The third kappa shape index (κ3) is 4.41. The van der Waals surface area contributed by atoms with Gasteiger partial charge in [-0.25, -0.2) is 13.4 Å². The van der Waals surface area contributed by atoms with E-state index in [2.05, 4.69) is 42.3 Å². The minimum Gasteiger partial charge on any atom is -0.348 e. The molecule has 1 fully saturated rings. The third-order valence-corrected chi connectivity index (χ3v) is 9.26. The Hall–Kier alpha value is -1.89. The molecule has 0 N–H and O–H groups in total. The van der Waals surface area contributed by atoms with Gasteiger partial charge in [0.15, 0.2) is 15.0 Å². The van der Waals surface area contributed by atoms with E-state index in [1.165, 1.54) is 16.7 Å². The van der Waals surface area contributed by atoms with Gasteiger partial charge in [-0.3, -0.25) is 0 Å². The monoisotopic (exact) mass is 460 g/mol. The number of aryl methyl sites for hydroxylation is 2. The van der Waals surface area contributed by atoms with Gasteiger partial charge >= 0.3 is 0 Å². The second kappa shape index (κ2) is 8.69. The minimum absolute atomic E-state index is 0.318. The number of anilines is 1. The summed E-state index contributed by atoms with van der Waals surface area (Å²) in [6, 6.07) is 12.9. The van der Waals surface area contributed by atoms with Gasteiger partial charge in [-0.2, -0.15) is 0 Å². The largest absolute Gasteiger partial charge is 0.348 e. The van der Waals surface area contributed by atoms with E-state index in [1.54, 1.807) is 35.6 Å². The molecule has 0 unspecified atom stereocenters. The van der Waals surface area contributed by atoms with Crippen molar-refractivity contribution in [3.8, 4) is 0 Å². The van der Waals surface area contributed by atoms with E-state index in [0.717, 1.165) is 17.2 Å². The highest BCUT2D eigenvalue weighted by Crippen LogP contribution is 2.30. The Bertz CT molecular complexity index is 1130. The van der Waals surface area contributed by atoms with Crippen molar-refractivity contribution < 1.29 is 8.42 Å². The SMILES string of the molecule is Cc1cccc(C)c1Cc1csc(N2CCC(S(=O)(=O)c3cccc(Cl)c3)CC2)n1. The second-order valence-electron chi connectivity index (χ2n) is 7.86. The number of aromatic nitrogens is 1. The predicted molar refractivity (Wildman–Crippen MR) is 125 cm³/mol. The number of hydrogen-bond acceptors (Lipinski definition) is 5. The maximum absolute atomic E-state index is 13.0. The topological polar surface area (TPSA) is 50.3 Å². The van der Waals surface area contributed by atoms with Crippen molar-refractivity contribution in [1.82, 2.24) is 4.98 Å². The lowest BCUT2D eigenvalue weighted by atomic mass is 9.99. The molecular weight excluding hydrogens is 436 g/mol. The summed E-state index contributed by atoms with van der Waals surface area (Å²) in [5, 5.41) is 3.18. The number of rotatable bonds is 5. The second-order valence-corrected chi connectivity index (χ2v) is 11.4. The van der Waals surface area contributed by atoms with E-state index in [9.17, 15) is 8.42 Å². The molecule has 1 aliphatic heterocycles. The molecule has 0 bridgehead atoms. The standard InChI is InChI=1S/C23H25ClN2O2S2/c1-16-5-3-6-17(2)22(16)14-19-15-29-23(25-19)26-11-9-20(10-12-26)30(27,28)21-8-4-7-18(24)13-21/h3-8,13,15,20H,9-12,14H2,1-2H3. The van der Waals surface area contributed by atoms with Crippen LogP contribution in [0.2, 0.25) is 5.02 Å². The molecule has 0 atom stereocenters. The van der Waals surface area contributed by atoms with Crippen LogP contribution in [0.5, 0.6) is 0 Å². The Morgan fingerprint density at radius 2 is 1.77 bits per heavy atom. The number of benzene rings is 2. The molecule has 2 aromatic carbocycles. The van der Waals surface area contributed by atoms with Crippen molar-refractivity contribution in [2.24, 2.45) is 0 Å². The molecule has 3 aromatic rings. The number of halogens is 1. The van der Waals surface area contributed by atoms with Crippen LogP contribution in [0.15, 0.2) is 52.7 Å². The first-order valence-electron chi connectivity index (χ1n) is 10.1. The predicted octanol–water partition coefficient (Wildman–Crippen LogP) is 5.45. The fourth-order valence-electron chi connectivity index (χ4n) is 4.03. The number of hydrogen-bond donors (Lipinski definition) is 0. The van der Waals surface area contributed by atoms with Crippen LogP contribution in [0, 0.1) is 13.8 Å². The Morgan fingerprint density at radius 1 is 1.10 bits per heavy atom. The number of piperidine rings is 1. The van der Waals surface area contributed by atoms with Crippen molar-refractivity contribution >= 4 is 37.9 Å². The van der Waals surface area contributed by atoms with Crippen LogP contribution in [-0.2, 0) is 16.3 Å². The molecule has 30 heavy (non-hydrogen) atoms. The summed E-state index contributed by atoms with van der Waals surface area (Å²) in [5.41, 5.74) is 4.98. The van der Waals surface area contributed by atoms with Crippen LogP contribution in [-0.4, -0.2) is 31.7 Å². The van der Waals surface area contributed by atoms with Gasteiger partial charge in [-0.15, -0.1) is 11.3 Å². The van der Waals surface area contributed by atoms with Crippen molar-refractivity contribution in [2.45, 2.75) is 43.3 Å². The van der Waals surface area contributed by atoms with Crippen molar-refractivity contribution in [1.29, 1.82) is 0 Å². The fourth-order valence-corrected chi connectivity index (χ4v) is 6.94. The van der Waals surface area contributed by atoms with Crippen LogP contribution in [0.1, 0.15) is 35.2 Å². The van der Waals surface area contributed by atoms with Gasteiger partial charge in [-0.05, 0) is 61.6 Å². The summed E-state index contributed by atoms with van der Waals surface area (Å²) in [7, 11) is -3.36. The molecule has 1 saturated heterocycles. The molecule has 0 radical (unpaired) electrons. The van der Waals surface area contributed by atoms with Crippen LogP contribution in [0.3, 0.4) is 0 Å². The van der Waals surface area contributed by atoms with E-state index in [0.29, 0.717) is 35.8 Å². The molecule has 0 saturated carbocycles. The highest BCUT2D eigenvalue weighted by molar-refractivity contribution is 7.92. The maximum Gasteiger partial charge on any atom is 0.185 e. The smallest absolute Gasteiger partial charge is 0.185 e. The summed E-state index contributed by atoms with van der Waals surface area (Å²) in [5.74, 6) is 0. The molecule has 0 aliphatic carbocycles. The van der Waals surface area contributed by atoms with Crippen molar-refractivity contribution in [3.05, 3.63) is 75.3 Å². The summed E-state index contributed by atoms with van der Waals surface area (Å²) in [6.07, 6.45) is 2.02. The first kappa shape index (κ1) is 21.3.